The number of carbonyl (C=O) groups excluding carboxylic acids is 4. The zero-order valence-corrected chi connectivity index (χ0v) is 34.6. The molecule has 0 aromatic heterocycles. The second kappa shape index (κ2) is 15.2. The number of benzene rings is 5. The van der Waals surface area contributed by atoms with Gasteiger partial charge in [-0.2, -0.15) is 0 Å². The molecule has 2 aliphatic carbocycles. The monoisotopic (exact) mass is 844 g/mol. The van der Waals surface area contributed by atoms with Crippen molar-refractivity contribution in [1.82, 2.24) is 0 Å². The van der Waals surface area contributed by atoms with E-state index in [0.717, 1.165) is 27.8 Å². The molecular formula is C51H41ClN2O8. The molecule has 6 atom stereocenters. The van der Waals surface area contributed by atoms with Gasteiger partial charge < -0.3 is 19.3 Å². The van der Waals surface area contributed by atoms with Crippen LogP contribution in [0.15, 0.2) is 139 Å². The van der Waals surface area contributed by atoms with Gasteiger partial charge in [-0.05, 0) is 102 Å². The minimum Gasteiger partial charge on any atom is -0.508 e. The lowest BCUT2D eigenvalue weighted by atomic mass is 9.48. The molecule has 5 aliphatic rings. The highest BCUT2D eigenvalue weighted by atomic mass is 35.5. The van der Waals surface area contributed by atoms with Crippen LogP contribution in [-0.4, -0.2) is 43.0 Å². The van der Waals surface area contributed by atoms with E-state index in [-0.39, 0.29) is 30.4 Å². The van der Waals surface area contributed by atoms with Gasteiger partial charge in [0.25, 0.3) is 0 Å². The molecule has 3 fully saturated rings. The van der Waals surface area contributed by atoms with Crippen LogP contribution in [0.25, 0.3) is 12.2 Å². The van der Waals surface area contributed by atoms with Gasteiger partial charge in [-0.1, -0.05) is 83.9 Å². The summed E-state index contributed by atoms with van der Waals surface area (Å²) >= 11 is 6.47. The first-order valence-corrected chi connectivity index (χ1v) is 20.9. The van der Waals surface area contributed by atoms with Gasteiger partial charge in [0.2, 0.25) is 23.6 Å². The van der Waals surface area contributed by atoms with E-state index in [0.29, 0.717) is 45.6 Å². The van der Waals surface area contributed by atoms with Crippen molar-refractivity contribution >= 4 is 58.8 Å². The fourth-order valence-corrected chi connectivity index (χ4v) is 10.9. The van der Waals surface area contributed by atoms with Crippen molar-refractivity contribution in [1.29, 1.82) is 0 Å². The molecule has 5 aromatic rings. The second-order valence-electron chi connectivity index (χ2n) is 16.4. The Morgan fingerprint density at radius 1 is 0.774 bits per heavy atom. The standard InChI is InChI=1S/C51H41ClN2O8/c1-60-38-18-22-43(61-2)30(25-38)14-11-29-12-15-35(16-13-29)53-47(56)40-20-19-39-41(45(40)49(53)58)27-42-48(57)54(36-10-6-9-34(52)26-36)50(59)51(42,33-7-4-3-5-8-33)46(39)32-23-31-24-37(55)17-21-44(31)62-28-32/h3-19,21-22,24-26,28,40-42,45-46,55H,20,23,27H2,1-2H3. The Balaban J connectivity index is 1.05. The Morgan fingerprint density at radius 2 is 1.58 bits per heavy atom. The highest BCUT2D eigenvalue weighted by Gasteiger charge is 2.70. The topological polar surface area (TPSA) is 123 Å². The summed E-state index contributed by atoms with van der Waals surface area (Å²) < 4.78 is 17.2. The van der Waals surface area contributed by atoms with E-state index in [1.807, 2.05) is 78.9 Å². The molecule has 310 valence electrons. The number of nitrogens with zero attached hydrogens (tertiary/aromatic N) is 2. The summed E-state index contributed by atoms with van der Waals surface area (Å²) in [5.74, 6) is -3.05. The smallest absolute Gasteiger partial charge is 0.246 e. The van der Waals surface area contributed by atoms with E-state index in [1.165, 1.54) is 9.80 Å². The molecular weight excluding hydrogens is 804 g/mol. The van der Waals surface area contributed by atoms with Crippen molar-refractivity contribution < 1.29 is 38.5 Å². The highest BCUT2D eigenvalue weighted by Crippen LogP contribution is 2.64. The Hall–Kier alpha value is -6.91. The molecule has 0 radical (unpaired) electrons. The second-order valence-corrected chi connectivity index (χ2v) is 16.9. The maximum Gasteiger partial charge on any atom is 0.246 e. The number of phenols is 1. The van der Waals surface area contributed by atoms with Crippen LogP contribution in [-0.2, 0) is 31.0 Å². The maximum atomic E-state index is 15.6. The summed E-state index contributed by atoms with van der Waals surface area (Å²) in [4.78, 5) is 62.6. The van der Waals surface area contributed by atoms with Gasteiger partial charge in [-0.15, -0.1) is 0 Å². The summed E-state index contributed by atoms with van der Waals surface area (Å²) in [7, 11) is 3.21. The minimum absolute atomic E-state index is 0.0704. The summed E-state index contributed by atoms with van der Waals surface area (Å²) in [5, 5.41) is 10.9. The van der Waals surface area contributed by atoms with Crippen LogP contribution in [0.1, 0.15) is 35.1 Å². The number of halogens is 1. The number of methoxy groups -OCH3 is 2. The quantitative estimate of drug-likeness (QED) is 0.0934. The normalized spacial score (nSPS) is 25.1. The number of hydrogen-bond donors (Lipinski definition) is 1. The summed E-state index contributed by atoms with van der Waals surface area (Å²) in [6, 6.07) is 33.8. The van der Waals surface area contributed by atoms with E-state index >= 15 is 9.59 Å². The molecule has 3 aliphatic heterocycles. The first-order valence-electron chi connectivity index (χ1n) is 20.6. The van der Waals surface area contributed by atoms with E-state index in [9.17, 15) is 14.7 Å². The summed E-state index contributed by atoms with van der Waals surface area (Å²) in [6.45, 7) is 0. The van der Waals surface area contributed by atoms with E-state index in [2.05, 4.69) is 0 Å². The molecule has 6 unspecified atom stereocenters. The third kappa shape index (κ3) is 6.07. The molecule has 4 amide bonds. The largest absolute Gasteiger partial charge is 0.508 e. The number of hydrogen-bond acceptors (Lipinski definition) is 8. The van der Waals surface area contributed by atoms with Crippen molar-refractivity contribution in [2.24, 2.45) is 29.6 Å². The van der Waals surface area contributed by atoms with Crippen LogP contribution in [0.5, 0.6) is 23.0 Å². The molecule has 5 aromatic carbocycles. The molecule has 10 nitrogen and oxygen atoms in total. The van der Waals surface area contributed by atoms with Gasteiger partial charge >= 0.3 is 0 Å². The highest BCUT2D eigenvalue weighted by molar-refractivity contribution is 6.32. The molecule has 3 heterocycles. The van der Waals surface area contributed by atoms with Crippen molar-refractivity contribution in [3.8, 4) is 23.0 Å². The van der Waals surface area contributed by atoms with Crippen LogP contribution in [0.3, 0.4) is 0 Å². The summed E-state index contributed by atoms with van der Waals surface area (Å²) in [5.41, 5.74) is 3.98. The van der Waals surface area contributed by atoms with Gasteiger partial charge in [0.1, 0.15) is 23.0 Å². The number of allylic oxidation sites excluding steroid dienone is 3. The van der Waals surface area contributed by atoms with Gasteiger partial charge in [0, 0.05) is 28.5 Å². The van der Waals surface area contributed by atoms with Crippen molar-refractivity contribution in [2.45, 2.75) is 24.7 Å². The number of anilines is 2. The van der Waals surface area contributed by atoms with Gasteiger partial charge in [-0.3, -0.25) is 24.1 Å². The first kappa shape index (κ1) is 39.2. The summed E-state index contributed by atoms with van der Waals surface area (Å²) in [6.07, 6.45) is 8.28. The predicted molar refractivity (Wildman–Crippen MR) is 235 cm³/mol. The van der Waals surface area contributed by atoms with E-state index < -0.39 is 46.8 Å². The average Bonchev–Trinajstić information content (AvgIpc) is 3.68. The fraction of sp³-hybridized carbons (Fsp3) is 0.216. The Bertz CT molecular complexity index is 2780. The first-order chi connectivity index (χ1) is 30.1. The molecule has 2 saturated heterocycles. The predicted octanol–water partition coefficient (Wildman–Crippen LogP) is 8.95. The zero-order chi connectivity index (χ0) is 42.9. The van der Waals surface area contributed by atoms with Crippen LogP contribution in [0.2, 0.25) is 5.02 Å². The molecule has 1 N–H and O–H groups in total. The number of imide groups is 2. The van der Waals surface area contributed by atoms with Gasteiger partial charge in [0.15, 0.2) is 0 Å². The lowest BCUT2D eigenvalue weighted by molar-refractivity contribution is -0.128. The minimum atomic E-state index is -1.44. The molecule has 11 heteroatoms. The zero-order valence-electron chi connectivity index (χ0n) is 33.9. The third-order valence-electron chi connectivity index (χ3n) is 13.4. The molecule has 0 spiro atoms. The van der Waals surface area contributed by atoms with E-state index in [4.69, 9.17) is 25.8 Å². The van der Waals surface area contributed by atoms with Crippen LogP contribution in [0.4, 0.5) is 11.4 Å². The van der Waals surface area contributed by atoms with Crippen LogP contribution in [0, 0.1) is 29.6 Å². The molecule has 62 heavy (non-hydrogen) atoms. The van der Waals surface area contributed by atoms with Crippen molar-refractivity contribution in [3.05, 3.63) is 166 Å². The number of phenolic OH excluding ortho intramolecular Hbond substituents is 1. The average molecular weight is 845 g/mol. The Morgan fingerprint density at radius 3 is 2.34 bits per heavy atom. The maximum absolute atomic E-state index is 15.6. The number of rotatable bonds is 8. The van der Waals surface area contributed by atoms with Gasteiger partial charge in [-0.25, -0.2) is 4.90 Å². The van der Waals surface area contributed by atoms with Gasteiger partial charge in [0.05, 0.1) is 55.0 Å². The lowest BCUT2D eigenvalue weighted by Gasteiger charge is -2.51. The van der Waals surface area contributed by atoms with Crippen LogP contribution >= 0.6 is 11.6 Å². The number of aromatic hydroxyl groups is 1. The Kier molecular flexibility index (Phi) is 9.63. The molecule has 0 bridgehead atoms. The van der Waals surface area contributed by atoms with E-state index in [1.54, 1.807) is 75.1 Å². The SMILES string of the molecule is COc1ccc(OC)c(C=Cc2ccc(N3C(=O)C4CC=C5C(CC6C(=O)N(c7cccc(Cl)c7)C(=O)C6(c6ccccc6)C5C5=COc6ccc(O)cc6C5)C4C3=O)cc2)c1. The number of amides is 4. The molecule has 10 rings (SSSR count). The number of ether oxygens (including phenoxy) is 3. The van der Waals surface area contributed by atoms with Crippen molar-refractivity contribution in [2.75, 3.05) is 24.0 Å². The number of fused-ring (bicyclic) bond motifs is 5. The third-order valence-corrected chi connectivity index (χ3v) is 13.6. The Labute approximate surface area is 363 Å². The number of carbonyl (C=O) groups is 4. The molecule has 1 saturated carbocycles. The van der Waals surface area contributed by atoms with Crippen LogP contribution < -0.4 is 24.0 Å². The van der Waals surface area contributed by atoms with Crippen molar-refractivity contribution in [3.63, 3.8) is 0 Å². The lowest BCUT2D eigenvalue weighted by Crippen LogP contribution is -2.55. The fourth-order valence-electron chi connectivity index (χ4n) is 10.7.